The van der Waals surface area contributed by atoms with Crippen molar-refractivity contribution in [2.75, 3.05) is 31.2 Å². The van der Waals surface area contributed by atoms with E-state index >= 15 is 0 Å². The number of hydrogen-bond acceptors (Lipinski definition) is 4. The van der Waals surface area contributed by atoms with E-state index < -0.39 is 5.54 Å². The summed E-state index contributed by atoms with van der Waals surface area (Å²) in [5.41, 5.74) is 8.70. The predicted octanol–water partition coefficient (Wildman–Crippen LogP) is 1.25. The van der Waals surface area contributed by atoms with E-state index in [2.05, 4.69) is 20.2 Å². The van der Waals surface area contributed by atoms with E-state index in [0.29, 0.717) is 32.6 Å². The molecule has 1 N–H and O–H groups in total. The number of nitrogens with zero attached hydrogens (tertiary/aromatic N) is 5. The Labute approximate surface area is 133 Å². The molecule has 0 unspecified atom stereocenters. The van der Waals surface area contributed by atoms with Gasteiger partial charge in [0.2, 0.25) is 11.8 Å². The van der Waals surface area contributed by atoms with E-state index in [9.17, 15) is 9.59 Å². The zero-order valence-electron chi connectivity index (χ0n) is 12.7. The second-order valence-electron chi connectivity index (χ2n) is 5.73. The molecule has 8 nitrogen and oxygen atoms in total. The lowest BCUT2D eigenvalue weighted by Crippen LogP contribution is -2.57. The number of likely N-dealkylation sites (tertiary alicyclic amines) is 1. The van der Waals surface area contributed by atoms with Gasteiger partial charge in [0.15, 0.2) is 0 Å². The highest BCUT2D eigenvalue weighted by molar-refractivity contribution is 5.93. The number of para-hydroxylation sites is 1. The van der Waals surface area contributed by atoms with Crippen molar-refractivity contribution in [2.24, 2.45) is 5.11 Å². The first-order valence-corrected chi connectivity index (χ1v) is 7.57. The number of hydrogen-bond donors (Lipinski definition) is 1. The Kier molecular flexibility index (Phi) is 4.08. The highest BCUT2D eigenvalue weighted by Crippen LogP contribution is 2.36. The van der Waals surface area contributed by atoms with Gasteiger partial charge in [0.25, 0.3) is 0 Å². The summed E-state index contributed by atoms with van der Waals surface area (Å²) in [5.74, 6) is -0.175. The van der Waals surface area contributed by atoms with E-state index in [0.717, 1.165) is 5.69 Å². The molecule has 2 heterocycles. The van der Waals surface area contributed by atoms with Crippen LogP contribution in [0.1, 0.15) is 12.8 Å². The maximum absolute atomic E-state index is 12.5. The second-order valence-corrected chi connectivity index (χ2v) is 5.73. The first-order valence-electron chi connectivity index (χ1n) is 7.57. The quantitative estimate of drug-likeness (QED) is 0.516. The summed E-state index contributed by atoms with van der Waals surface area (Å²) in [6, 6.07) is 9.82. The monoisotopic (exact) mass is 314 g/mol. The van der Waals surface area contributed by atoms with E-state index in [4.69, 9.17) is 5.53 Å². The van der Waals surface area contributed by atoms with Crippen LogP contribution in [-0.4, -0.2) is 48.6 Å². The third kappa shape index (κ3) is 2.68. The van der Waals surface area contributed by atoms with E-state index in [1.54, 1.807) is 4.90 Å². The van der Waals surface area contributed by atoms with Crippen molar-refractivity contribution in [1.82, 2.24) is 10.2 Å². The highest BCUT2D eigenvalue weighted by atomic mass is 16.2. The molecule has 0 saturated carbocycles. The zero-order chi connectivity index (χ0) is 16.3. The van der Waals surface area contributed by atoms with Crippen molar-refractivity contribution in [1.29, 1.82) is 0 Å². The molecule has 2 aliphatic rings. The Morgan fingerprint density at radius 3 is 2.65 bits per heavy atom. The van der Waals surface area contributed by atoms with Gasteiger partial charge in [0.05, 0.1) is 6.67 Å². The van der Waals surface area contributed by atoms with Crippen molar-refractivity contribution >= 4 is 17.5 Å². The average molecular weight is 314 g/mol. The second kappa shape index (κ2) is 6.18. The number of azide groups is 1. The van der Waals surface area contributed by atoms with Crippen LogP contribution in [0.3, 0.4) is 0 Å². The van der Waals surface area contributed by atoms with Crippen LogP contribution in [0.15, 0.2) is 35.4 Å². The van der Waals surface area contributed by atoms with Gasteiger partial charge in [-0.05, 0) is 30.5 Å². The van der Waals surface area contributed by atoms with Crippen molar-refractivity contribution in [3.63, 3.8) is 0 Å². The van der Waals surface area contributed by atoms with Crippen molar-refractivity contribution in [3.8, 4) is 0 Å². The van der Waals surface area contributed by atoms with E-state index in [1.807, 2.05) is 30.3 Å². The van der Waals surface area contributed by atoms with Crippen LogP contribution < -0.4 is 10.2 Å². The smallest absolute Gasteiger partial charge is 0.247 e. The van der Waals surface area contributed by atoms with Crippen molar-refractivity contribution in [3.05, 3.63) is 40.8 Å². The minimum Gasteiger partial charge on any atom is -0.342 e. The maximum atomic E-state index is 12.5. The summed E-state index contributed by atoms with van der Waals surface area (Å²) in [7, 11) is 0. The summed E-state index contributed by atoms with van der Waals surface area (Å²) < 4.78 is 0. The summed E-state index contributed by atoms with van der Waals surface area (Å²) in [5, 5.41) is 6.24. The highest BCUT2D eigenvalue weighted by Gasteiger charge is 2.50. The Hall–Kier alpha value is -2.73. The Bertz CT molecular complexity index is 647. The van der Waals surface area contributed by atoms with Crippen LogP contribution >= 0.6 is 0 Å². The number of rotatable bonds is 3. The van der Waals surface area contributed by atoms with Crippen molar-refractivity contribution in [2.45, 2.75) is 18.4 Å². The number of nitrogens with one attached hydrogen (secondary N) is 1. The lowest BCUT2D eigenvalue weighted by Gasteiger charge is -2.43. The van der Waals surface area contributed by atoms with Gasteiger partial charge in [0, 0.05) is 23.7 Å². The van der Waals surface area contributed by atoms with E-state index in [-0.39, 0.29) is 18.4 Å². The van der Waals surface area contributed by atoms with Crippen LogP contribution in [0.5, 0.6) is 0 Å². The first kappa shape index (κ1) is 15.2. The van der Waals surface area contributed by atoms with Gasteiger partial charge in [-0.3, -0.25) is 9.59 Å². The van der Waals surface area contributed by atoms with Gasteiger partial charge in [-0.25, -0.2) is 0 Å². The fourth-order valence-electron chi connectivity index (χ4n) is 3.35. The summed E-state index contributed by atoms with van der Waals surface area (Å²) >= 11 is 0. The van der Waals surface area contributed by atoms with Crippen LogP contribution in [-0.2, 0) is 9.59 Å². The molecule has 23 heavy (non-hydrogen) atoms. The molecule has 0 aliphatic carbocycles. The molecule has 2 fully saturated rings. The fraction of sp³-hybridized carbons (Fsp3) is 0.467. The van der Waals surface area contributed by atoms with Gasteiger partial charge in [-0.2, -0.15) is 0 Å². The molecule has 3 rings (SSSR count). The largest absolute Gasteiger partial charge is 0.342 e. The van der Waals surface area contributed by atoms with Crippen LogP contribution in [0.25, 0.3) is 10.4 Å². The molecule has 0 bridgehead atoms. The summed E-state index contributed by atoms with van der Waals surface area (Å²) in [6.45, 7) is 1.28. The molecular formula is C15H18N6O2. The average Bonchev–Trinajstić information content (AvgIpc) is 2.90. The minimum atomic E-state index is -0.601. The number of anilines is 1. The molecule has 2 amide bonds. The molecule has 8 heteroatoms. The van der Waals surface area contributed by atoms with Gasteiger partial charge in [-0.15, -0.1) is 0 Å². The molecule has 0 aromatic heterocycles. The normalized spacial score (nSPS) is 19.4. The SMILES string of the molecule is [N-]=[N+]=NCC(=O)N1CCC2(CC1)C(=O)NCN2c1ccccc1. The molecule has 1 aromatic rings. The zero-order valence-corrected chi connectivity index (χ0v) is 12.7. The van der Waals surface area contributed by atoms with Crippen LogP contribution in [0.4, 0.5) is 5.69 Å². The number of benzene rings is 1. The molecule has 1 aromatic carbocycles. The molecule has 1 spiro atoms. The standard InChI is InChI=1S/C15H18N6O2/c16-19-18-10-13(22)20-8-6-15(7-9-20)14(23)17-11-21(15)12-4-2-1-3-5-12/h1-5H,6-11H2,(H,17,23). The Balaban J connectivity index is 1.75. The summed E-state index contributed by atoms with van der Waals surface area (Å²) in [6.07, 6.45) is 1.13. The fourth-order valence-corrected chi connectivity index (χ4v) is 3.35. The maximum Gasteiger partial charge on any atom is 0.247 e. The van der Waals surface area contributed by atoms with Crippen molar-refractivity contribution < 1.29 is 9.59 Å². The topological polar surface area (TPSA) is 101 Å². The van der Waals surface area contributed by atoms with Gasteiger partial charge >= 0.3 is 0 Å². The lowest BCUT2D eigenvalue weighted by molar-refractivity contribution is -0.134. The van der Waals surface area contributed by atoms with Gasteiger partial charge in [-0.1, -0.05) is 23.3 Å². The molecule has 120 valence electrons. The number of carbonyl (C=O) groups is 2. The van der Waals surface area contributed by atoms with Gasteiger partial charge < -0.3 is 15.1 Å². The Morgan fingerprint density at radius 2 is 2.00 bits per heavy atom. The molecule has 2 aliphatic heterocycles. The van der Waals surface area contributed by atoms with Crippen LogP contribution in [0.2, 0.25) is 0 Å². The molecule has 2 saturated heterocycles. The summed E-state index contributed by atoms with van der Waals surface area (Å²) in [4.78, 5) is 30.8. The van der Waals surface area contributed by atoms with Crippen LogP contribution in [0, 0.1) is 0 Å². The number of amides is 2. The third-order valence-electron chi connectivity index (χ3n) is 4.62. The molecule has 0 radical (unpaired) electrons. The number of carbonyl (C=O) groups excluding carboxylic acids is 2. The first-order chi connectivity index (χ1) is 11.2. The predicted molar refractivity (Wildman–Crippen MR) is 84.5 cm³/mol. The molecule has 0 atom stereocenters. The van der Waals surface area contributed by atoms with Gasteiger partial charge in [0.1, 0.15) is 12.1 Å². The lowest BCUT2D eigenvalue weighted by atomic mass is 9.85. The Morgan fingerprint density at radius 1 is 1.30 bits per heavy atom. The minimum absolute atomic E-state index is 0.0171. The third-order valence-corrected chi connectivity index (χ3v) is 4.62. The molecular weight excluding hydrogens is 296 g/mol. The number of piperidine rings is 1. The van der Waals surface area contributed by atoms with E-state index in [1.165, 1.54) is 0 Å².